The van der Waals surface area contributed by atoms with Gasteiger partial charge in [-0.25, -0.2) is 9.37 Å². The highest BCUT2D eigenvalue weighted by Crippen LogP contribution is 2.17. The molecule has 1 N–H and O–H groups in total. The average molecular weight is 434 g/mol. The van der Waals surface area contributed by atoms with Gasteiger partial charge in [-0.05, 0) is 54.8 Å². The highest BCUT2D eigenvalue weighted by molar-refractivity contribution is 5.57. The van der Waals surface area contributed by atoms with Gasteiger partial charge >= 0.3 is 0 Å². The minimum atomic E-state index is -0.378. The summed E-state index contributed by atoms with van der Waals surface area (Å²) in [6, 6.07) is 13.4. The lowest BCUT2D eigenvalue weighted by atomic mass is 10.2. The maximum Gasteiger partial charge on any atom is 0.281 e. The summed E-state index contributed by atoms with van der Waals surface area (Å²) in [7, 11) is 1.62. The number of nitrogens with zero attached hydrogens (tertiary/aromatic N) is 4. The first-order chi connectivity index (χ1) is 15.6. The van der Waals surface area contributed by atoms with Crippen molar-refractivity contribution in [3.8, 4) is 22.7 Å². The fourth-order valence-electron chi connectivity index (χ4n) is 3.39. The van der Waals surface area contributed by atoms with E-state index in [4.69, 9.17) is 4.74 Å². The van der Waals surface area contributed by atoms with Gasteiger partial charge in [-0.15, -0.1) is 0 Å². The Hall–Kier alpha value is -3.78. The van der Waals surface area contributed by atoms with Gasteiger partial charge < -0.3 is 9.84 Å². The van der Waals surface area contributed by atoms with E-state index in [-0.39, 0.29) is 23.7 Å². The SMILES string of the molecule is COc1ccc(Cn2cc(-c3nc(CCCO)cn(-c4ccc(F)cc4)c3=O)cn2)cc1. The van der Waals surface area contributed by atoms with Gasteiger partial charge in [0, 0.05) is 30.3 Å². The summed E-state index contributed by atoms with van der Waals surface area (Å²) >= 11 is 0. The van der Waals surface area contributed by atoms with Gasteiger partial charge in [-0.1, -0.05) is 12.1 Å². The Morgan fingerprint density at radius 1 is 1.06 bits per heavy atom. The van der Waals surface area contributed by atoms with Crippen molar-refractivity contribution >= 4 is 0 Å². The molecule has 2 aromatic heterocycles. The minimum absolute atomic E-state index is 0.0203. The Balaban J connectivity index is 1.69. The highest BCUT2D eigenvalue weighted by atomic mass is 19.1. The molecular weight excluding hydrogens is 411 g/mol. The van der Waals surface area contributed by atoms with Gasteiger partial charge in [-0.3, -0.25) is 14.0 Å². The lowest BCUT2D eigenvalue weighted by Gasteiger charge is -2.10. The molecule has 164 valence electrons. The second-order valence-electron chi connectivity index (χ2n) is 7.33. The molecule has 0 amide bonds. The van der Waals surface area contributed by atoms with Crippen LogP contribution in [0.5, 0.6) is 5.75 Å². The van der Waals surface area contributed by atoms with E-state index in [1.165, 1.54) is 16.7 Å². The molecular formula is C24H23FN4O3. The first kappa shape index (κ1) is 21.5. The van der Waals surface area contributed by atoms with Crippen LogP contribution in [0.3, 0.4) is 0 Å². The molecule has 0 saturated heterocycles. The molecule has 7 nitrogen and oxygen atoms in total. The van der Waals surface area contributed by atoms with Gasteiger partial charge in [0.1, 0.15) is 17.3 Å². The fourth-order valence-corrected chi connectivity index (χ4v) is 3.39. The van der Waals surface area contributed by atoms with Crippen molar-refractivity contribution in [2.45, 2.75) is 19.4 Å². The number of aromatic nitrogens is 4. The van der Waals surface area contributed by atoms with Crippen molar-refractivity contribution in [3.63, 3.8) is 0 Å². The lowest BCUT2D eigenvalue weighted by Crippen LogP contribution is -2.22. The van der Waals surface area contributed by atoms with Crippen molar-refractivity contribution in [1.82, 2.24) is 19.3 Å². The number of hydrogen-bond donors (Lipinski definition) is 1. The van der Waals surface area contributed by atoms with Crippen molar-refractivity contribution < 1.29 is 14.2 Å². The van der Waals surface area contributed by atoms with E-state index in [2.05, 4.69) is 10.1 Å². The molecule has 8 heteroatoms. The zero-order valence-electron chi connectivity index (χ0n) is 17.6. The second kappa shape index (κ2) is 9.57. The van der Waals surface area contributed by atoms with Crippen LogP contribution in [0.25, 0.3) is 16.9 Å². The highest BCUT2D eigenvalue weighted by Gasteiger charge is 2.14. The van der Waals surface area contributed by atoms with E-state index in [0.717, 1.165) is 11.3 Å². The number of benzene rings is 2. The number of halogens is 1. The number of aliphatic hydroxyl groups is 1. The molecule has 0 aliphatic heterocycles. The van der Waals surface area contributed by atoms with E-state index in [1.807, 2.05) is 24.3 Å². The van der Waals surface area contributed by atoms with E-state index >= 15 is 0 Å². The Morgan fingerprint density at radius 2 is 1.81 bits per heavy atom. The Morgan fingerprint density at radius 3 is 2.50 bits per heavy atom. The number of methoxy groups -OCH3 is 1. The molecule has 0 saturated carbocycles. The molecule has 0 aliphatic carbocycles. The predicted octanol–water partition coefficient (Wildman–Crippen LogP) is 3.22. The number of ether oxygens (including phenoxy) is 1. The molecule has 0 fully saturated rings. The number of aliphatic hydroxyl groups excluding tert-OH is 1. The summed E-state index contributed by atoms with van der Waals surface area (Å²) in [5.74, 6) is 0.400. The normalized spacial score (nSPS) is 11.0. The Labute approximate surface area is 184 Å². The van der Waals surface area contributed by atoms with Crippen LogP contribution in [0.1, 0.15) is 17.7 Å². The van der Waals surface area contributed by atoms with Gasteiger partial charge in [0.05, 0.1) is 25.5 Å². The van der Waals surface area contributed by atoms with Crippen LogP contribution >= 0.6 is 0 Å². The van der Waals surface area contributed by atoms with E-state index in [1.54, 1.807) is 42.5 Å². The summed E-state index contributed by atoms with van der Waals surface area (Å²) in [4.78, 5) is 17.8. The first-order valence-electron chi connectivity index (χ1n) is 10.2. The van der Waals surface area contributed by atoms with Crippen LogP contribution in [-0.2, 0) is 13.0 Å². The smallest absolute Gasteiger partial charge is 0.281 e. The van der Waals surface area contributed by atoms with E-state index in [9.17, 15) is 14.3 Å². The van der Waals surface area contributed by atoms with Gasteiger partial charge in [0.15, 0.2) is 0 Å². The van der Waals surface area contributed by atoms with Gasteiger partial charge in [-0.2, -0.15) is 5.10 Å². The lowest BCUT2D eigenvalue weighted by molar-refractivity contribution is 0.288. The number of rotatable bonds is 8. The standard InChI is InChI=1S/C24H23FN4O3/c1-32-22-10-4-17(5-11-22)14-28-15-18(13-26-28)23-24(31)29(16-20(27-23)3-2-12-30)21-8-6-19(25)7-9-21/h4-11,13,15-16,30H,2-3,12,14H2,1H3. The molecule has 0 aliphatic rings. The molecule has 0 unspecified atom stereocenters. The van der Waals surface area contributed by atoms with E-state index < -0.39 is 0 Å². The van der Waals surface area contributed by atoms with Crippen molar-refractivity contribution in [1.29, 1.82) is 0 Å². The summed E-state index contributed by atoms with van der Waals surface area (Å²) in [6.45, 7) is 0.548. The van der Waals surface area contributed by atoms with Crippen molar-refractivity contribution in [2.24, 2.45) is 0 Å². The van der Waals surface area contributed by atoms with Crippen LogP contribution in [0, 0.1) is 5.82 Å². The second-order valence-corrected chi connectivity index (χ2v) is 7.33. The van der Waals surface area contributed by atoms with Crippen LogP contribution in [-0.4, -0.2) is 38.2 Å². The maximum atomic E-state index is 13.4. The average Bonchev–Trinajstić information content (AvgIpc) is 3.27. The Bertz CT molecular complexity index is 1250. The fraction of sp³-hybridized carbons (Fsp3) is 0.208. The summed E-state index contributed by atoms with van der Waals surface area (Å²) < 4.78 is 21.7. The number of aryl methyl sites for hydroxylation is 1. The van der Waals surface area contributed by atoms with Crippen molar-refractivity contribution in [2.75, 3.05) is 13.7 Å². The molecule has 4 rings (SSSR count). The minimum Gasteiger partial charge on any atom is -0.497 e. The third kappa shape index (κ3) is 4.76. The summed E-state index contributed by atoms with van der Waals surface area (Å²) in [5, 5.41) is 13.6. The molecule has 0 bridgehead atoms. The van der Waals surface area contributed by atoms with Crippen LogP contribution in [0.15, 0.2) is 71.9 Å². The third-order valence-electron chi connectivity index (χ3n) is 5.06. The monoisotopic (exact) mass is 434 g/mol. The topological polar surface area (TPSA) is 82.2 Å². The van der Waals surface area contributed by atoms with E-state index in [0.29, 0.717) is 36.3 Å². The Kier molecular flexibility index (Phi) is 6.42. The van der Waals surface area contributed by atoms with Crippen LogP contribution in [0.2, 0.25) is 0 Å². The van der Waals surface area contributed by atoms with Crippen molar-refractivity contribution in [3.05, 3.63) is 94.5 Å². The molecule has 32 heavy (non-hydrogen) atoms. The van der Waals surface area contributed by atoms with Crippen LogP contribution in [0.4, 0.5) is 4.39 Å². The zero-order valence-corrected chi connectivity index (χ0v) is 17.6. The van der Waals surface area contributed by atoms with Gasteiger partial charge in [0.25, 0.3) is 5.56 Å². The quantitative estimate of drug-likeness (QED) is 0.461. The predicted molar refractivity (Wildman–Crippen MR) is 119 cm³/mol. The molecule has 0 atom stereocenters. The van der Waals surface area contributed by atoms with Crippen LogP contribution < -0.4 is 10.3 Å². The molecule has 2 heterocycles. The largest absolute Gasteiger partial charge is 0.497 e. The molecule has 4 aromatic rings. The van der Waals surface area contributed by atoms with Gasteiger partial charge in [0.2, 0.25) is 0 Å². The third-order valence-corrected chi connectivity index (χ3v) is 5.06. The summed E-state index contributed by atoms with van der Waals surface area (Å²) in [5.41, 5.74) is 2.75. The zero-order chi connectivity index (χ0) is 22.5. The first-order valence-corrected chi connectivity index (χ1v) is 10.2. The molecule has 0 radical (unpaired) electrons. The molecule has 0 spiro atoms. The maximum absolute atomic E-state index is 13.4. The number of hydrogen-bond acceptors (Lipinski definition) is 5. The molecule has 2 aromatic carbocycles. The summed E-state index contributed by atoms with van der Waals surface area (Å²) in [6.07, 6.45) is 6.04.